The molecule has 3 aliphatic rings. The zero-order valence-electron chi connectivity index (χ0n) is 8.95. The number of thioether (sulfide) groups is 1. The average Bonchev–Trinajstić information content (AvgIpc) is 2.82. The molecule has 2 atom stereocenters. The van der Waals surface area contributed by atoms with E-state index in [1.54, 1.807) is 0 Å². The van der Waals surface area contributed by atoms with Gasteiger partial charge in [0.25, 0.3) is 0 Å². The van der Waals surface area contributed by atoms with Crippen molar-refractivity contribution in [1.29, 1.82) is 0 Å². The van der Waals surface area contributed by atoms with E-state index in [9.17, 15) is 8.42 Å². The van der Waals surface area contributed by atoms with Crippen LogP contribution < -0.4 is 0 Å². The molecule has 92 valence electrons. The fourth-order valence-corrected chi connectivity index (χ4v) is 6.49. The molecular formula is C10H15ClO3S2. The highest BCUT2D eigenvalue weighted by Gasteiger charge is 2.72. The molecule has 0 aromatic heterocycles. The van der Waals surface area contributed by atoms with Crippen LogP contribution >= 0.6 is 22.4 Å². The van der Waals surface area contributed by atoms with Crippen LogP contribution in [0.4, 0.5) is 0 Å². The number of ether oxygens (including phenoxy) is 1. The summed E-state index contributed by atoms with van der Waals surface area (Å²) in [6, 6.07) is 0. The second-order valence-corrected chi connectivity index (χ2v) is 9.16. The first-order chi connectivity index (χ1) is 7.48. The van der Waals surface area contributed by atoms with Crippen LogP contribution in [0, 0.1) is 11.3 Å². The van der Waals surface area contributed by atoms with Crippen molar-refractivity contribution in [3.8, 4) is 0 Å². The Morgan fingerprint density at radius 2 is 2.06 bits per heavy atom. The molecule has 0 aromatic carbocycles. The van der Waals surface area contributed by atoms with Gasteiger partial charge < -0.3 is 4.74 Å². The van der Waals surface area contributed by atoms with Gasteiger partial charge in [-0.3, -0.25) is 0 Å². The predicted molar refractivity (Wildman–Crippen MR) is 65.4 cm³/mol. The number of hydrogen-bond donors (Lipinski definition) is 0. The average molecular weight is 283 g/mol. The molecule has 0 amide bonds. The lowest BCUT2D eigenvalue weighted by molar-refractivity contribution is -0.0546. The molecule has 2 aliphatic heterocycles. The maximum absolute atomic E-state index is 11.3. The minimum Gasteiger partial charge on any atom is -0.374 e. The first-order valence-corrected chi connectivity index (χ1v) is 9.25. The zero-order valence-corrected chi connectivity index (χ0v) is 11.3. The molecule has 2 heterocycles. The van der Waals surface area contributed by atoms with Crippen molar-refractivity contribution in [2.45, 2.75) is 24.9 Å². The quantitative estimate of drug-likeness (QED) is 0.725. The van der Waals surface area contributed by atoms with E-state index in [1.165, 1.54) is 0 Å². The van der Waals surface area contributed by atoms with Gasteiger partial charge in [0, 0.05) is 16.1 Å². The van der Waals surface area contributed by atoms with Gasteiger partial charge in [-0.05, 0) is 36.7 Å². The van der Waals surface area contributed by atoms with Gasteiger partial charge in [-0.2, -0.15) is 11.8 Å². The SMILES string of the molecule is O=S(=O)(Cl)CC12CC1COC21CCSCC1. The van der Waals surface area contributed by atoms with E-state index in [2.05, 4.69) is 0 Å². The smallest absolute Gasteiger partial charge is 0.233 e. The first-order valence-electron chi connectivity index (χ1n) is 5.62. The standard InChI is InChI=1S/C10H15ClO3S2/c11-16(12,13)7-9-5-8(9)6-14-10(9)1-3-15-4-2-10/h8H,1-7H2. The summed E-state index contributed by atoms with van der Waals surface area (Å²) in [6.45, 7) is 0.733. The minimum atomic E-state index is -3.41. The summed E-state index contributed by atoms with van der Waals surface area (Å²) in [6.07, 6.45) is 2.96. The van der Waals surface area contributed by atoms with E-state index >= 15 is 0 Å². The lowest BCUT2D eigenvalue weighted by Crippen LogP contribution is -2.45. The van der Waals surface area contributed by atoms with Crippen LogP contribution in [-0.4, -0.2) is 37.9 Å². The Labute approximate surface area is 105 Å². The number of halogens is 1. The largest absolute Gasteiger partial charge is 0.374 e. The normalized spacial score (nSPS) is 40.9. The van der Waals surface area contributed by atoms with Crippen LogP contribution in [0.3, 0.4) is 0 Å². The van der Waals surface area contributed by atoms with E-state index < -0.39 is 9.05 Å². The molecular weight excluding hydrogens is 268 g/mol. The van der Waals surface area contributed by atoms with Crippen molar-refractivity contribution in [3.05, 3.63) is 0 Å². The van der Waals surface area contributed by atoms with E-state index in [4.69, 9.17) is 15.4 Å². The van der Waals surface area contributed by atoms with E-state index in [0.717, 1.165) is 37.4 Å². The van der Waals surface area contributed by atoms with E-state index in [1.807, 2.05) is 11.8 Å². The fourth-order valence-electron chi connectivity index (χ4n) is 3.52. The number of rotatable bonds is 2. The Bertz CT molecular complexity index is 402. The van der Waals surface area contributed by atoms with Crippen LogP contribution in [0.5, 0.6) is 0 Å². The summed E-state index contributed by atoms with van der Waals surface area (Å²) in [7, 11) is 2.03. The third-order valence-corrected chi connectivity index (χ3v) is 6.60. The number of hydrogen-bond acceptors (Lipinski definition) is 4. The molecule has 2 unspecified atom stereocenters. The molecule has 0 radical (unpaired) electrons. The highest BCUT2D eigenvalue weighted by atomic mass is 35.7. The lowest BCUT2D eigenvalue weighted by Gasteiger charge is -2.40. The maximum Gasteiger partial charge on any atom is 0.233 e. The van der Waals surface area contributed by atoms with Gasteiger partial charge in [0.05, 0.1) is 18.0 Å². The van der Waals surface area contributed by atoms with Crippen LogP contribution in [-0.2, 0) is 13.8 Å². The Hall–Kier alpha value is 0.550. The highest BCUT2D eigenvalue weighted by Crippen LogP contribution is 2.69. The van der Waals surface area contributed by atoms with Gasteiger partial charge in [0.2, 0.25) is 9.05 Å². The summed E-state index contributed by atoms with van der Waals surface area (Å²) in [4.78, 5) is 0. The maximum atomic E-state index is 11.3. The predicted octanol–water partition coefficient (Wildman–Crippen LogP) is 1.86. The molecule has 0 aromatic rings. The zero-order chi connectivity index (χ0) is 11.4. The molecule has 1 aliphatic carbocycles. The first kappa shape index (κ1) is 11.6. The van der Waals surface area contributed by atoms with Crippen LogP contribution in [0.25, 0.3) is 0 Å². The van der Waals surface area contributed by atoms with Crippen molar-refractivity contribution in [3.63, 3.8) is 0 Å². The summed E-state index contributed by atoms with van der Waals surface area (Å²) in [5.41, 5.74) is -0.320. The molecule has 1 spiro atoms. The van der Waals surface area contributed by atoms with Crippen molar-refractivity contribution >= 4 is 31.5 Å². The Balaban J connectivity index is 1.89. The van der Waals surface area contributed by atoms with Crippen molar-refractivity contribution < 1.29 is 13.2 Å². The number of fused-ring (bicyclic) bond motifs is 2. The fraction of sp³-hybridized carbons (Fsp3) is 1.00. The van der Waals surface area contributed by atoms with Crippen LogP contribution in [0.1, 0.15) is 19.3 Å². The lowest BCUT2D eigenvalue weighted by atomic mass is 9.80. The molecule has 3 rings (SSSR count). The van der Waals surface area contributed by atoms with Crippen LogP contribution in [0.2, 0.25) is 0 Å². The Kier molecular flexibility index (Phi) is 2.56. The summed E-state index contributed by atoms with van der Waals surface area (Å²) in [5, 5.41) is 0. The molecule has 0 N–H and O–H groups in total. The van der Waals surface area contributed by atoms with Crippen LogP contribution in [0.15, 0.2) is 0 Å². The summed E-state index contributed by atoms with van der Waals surface area (Å²) < 4.78 is 28.7. The molecule has 1 saturated carbocycles. The van der Waals surface area contributed by atoms with Gasteiger partial charge in [0.15, 0.2) is 0 Å². The molecule has 2 saturated heterocycles. The molecule has 3 nitrogen and oxygen atoms in total. The van der Waals surface area contributed by atoms with Gasteiger partial charge >= 0.3 is 0 Å². The third-order valence-electron chi connectivity index (χ3n) is 4.43. The van der Waals surface area contributed by atoms with Gasteiger partial charge in [-0.1, -0.05) is 0 Å². The highest BCUT2D eigenvalue weighted by molar-refractivity contribution is 8.13. The summed E-state index contributed by atoms with van der Waals surface area (Å²) in [5.74, 6) is 2.70. The topological polar surface area (TPSA) is 43.4 Å². The van der Waals surface area contributed by atoms with Crippen molar-refractivity contribution in [1.82, 2.24) is 0 Å². The second-order valence-electron chi connectivity index (χ2n) is 5.16. The molecule has 6 heteroatoms. The van der Waals surface area contributed by atoms with Crippen molar-refractivity contribution in [2.24, 2.45) is 11.3 Å². The Morgan fingerprint density at radius 3 is 2.62 bits per heavy atom. The van der Waals surface area contributed by atoms with Gasteiger partial charge in [-0.25, -0.2) is 8.42 Å². The van der Waals surface area contributed by atoms with E-state index in [0.29, 0.717) is 5.92 Å². The second kappa shape index (κ2) is 3.53. The monoisotopic (exact) mass is 282 g/mol. The van der Waals surface area contributed by atoms with Crippen molar-refractivity contribution in [2.75, 3.05) is 23.9 Å². The molecule has 16 heavy (non-hydrogen) atoms. The van der Waals surface area contributed by atoms with E-state index in [-0.39, 0.29) is 16.8 Å². The Morgan fingerprint density at radius 1 is 1.38 bits per heavy atom. The van der Waals surface area contributed by atoms with Gasteiger partial charge in [0.1, 0.15) is 0 Å². The third kappa shape index (κ3) is 1.62. The minimum absolute atomic E-state index is 0.108. The molecule has 3 fully saturated rings. The van der Waals surface area contributed by atoms with Gasteiger partial charge in [-0.15, -0.1) is 0 Å². The molecule has 0 bridgehead atoms. The summed E-state index contributed by atoms with van der Waals surface area (Å²) >= 11 is 1.93.